The van der Waals surface area contributed by atoms with Crippen LogP contribution in [0.1, 0.15) is 47.4 Å². The first kappa shape index (κ1) is 17.7. The maximum absolute atomic E-state index is 12.1. The smallest absolute Gasteiger partial charge is 0.306 e. The van der Waals surface area contributed by atoms with Gasteiger partial charge in [0.05, 0.1) is 11.1 Å². The van der Waals surface area contributed by atoms with Crippen LogP contribution in [0.5, 0.6) is 0 Å². The molecule has 1 aromatic carbocycles. The van der Waals surface area contributed by atoms with Gasteiger partial charge in [-0.15, -0.1) is 0 Å². The van der Waals surface area contributed by atoms with Gasteiger partial charge in [0.1, 0.15) is 0 Å². The summed E-state index contributed by atoms with van der Waals surface area (Å²) in [5.74, 6) is -1.59. The molecule has 0 spiro atoms. The standard InChI is InChI=1S/C17H20N2O5/c1-11(2)18-14(20)10-24-15(21)8-5-9-19-16(22)12-6-3-4-7-13(12)17(19)23/h3-4,6-7,11H,5,8-10H2,1-2H3,(H,18,20). The van der Waals surface area contributed by atoms with E-state index in [-0.39, 0.29) is 49.8 Å². The van der Waals surface area contributed by atoms with Gasteiger partial charge >= 0.3 is 5.97 Å². The minimum absolute atomic E-state index is 0.0231. The lowest BCUT2D eigenvalue weighted by Crippen LogP contribution is -2.34. The zero-order valence-corrected chi connectivity index (χ0v) is 13.7. The SMILES string of the molecule is CC(C)NC(=O)COC(=O)CCCN1C(=O)c2ccccc2C1=O. The molecule has 3 amide bonds. The van der Waals surface area contributed by atoms with Gasteiger partial charge in [-0.2, -0.15) is 0 Å². The largest absolute Gasteiger partial charge is 0.456 e. The van der Waals surface area contributed by atoms with E-state index in [0.29, 0.717) is 11.1 Å². The minimum atomic E-state index is -0.537. The molecule has 0 atom stereocenters. The van der Waals surface area contributed by atoms with Gasteiger partial charge in [-0.05, 0) is 32.4 Å². The Balaban J connectivity index is 1.75. The summed E-state index contributed by atoms with van der Waals surface area (Å²) in [7, 11) is 0. The number of benzene rings is 1. The van der Waals surface area contributed by atoms with E-state index in [1.807, 2.05) is 13.8 Å². The van der Waals surface area contributed by atoms with Crippen molar-refractivity contribution in [2.45, 2.75) is 32.7 Å². The van der Waals surface area contributed by atoms with Crippen molar-refractivity contribution in [1.82, 2.24) is 10.2 Å². The quantitative estimate of drug-likeness (QED) is 0.597. The Bertz CT molecular complexity index is 634. The summed E-state index contributed by atoms with van der Waals surface area (Å²) in [5, 5.41) is 2.61. The lowest BCUT2D eigenvalue weighted by atomic mass is 10.1. The van der Waals surface area contributed by atoms with Gasteiger partial charge < -0.3 is 10.1 Å². The Hall–Kier alpha value is -2.70. The second kappa shape index (κ2) is 7.72. The van der Waals surface area contributed by atoms with E-state index in [1.165, 1.54) is 0 Å². The average Bonchev–Trinajstić information content (AvgIpc) is 2.78. The van der Waals surface area contributed by atoms with Crippen LogP contribution in [0, 0.1) is 0 Å². The molecule has 128 valence electrons. The Morgan fingerprint density at radius 2 is 1.71 bits per heavy atom. The van der Waals surface area contributed by atoms with Crippen molar-refractivity contribution in [3.63, 3.8) is 0 Å². The van der Waals surface area contributed by atoms with E-state index in [4.69, 9.17) is 4.74 Å². The third-order valence-corrected chi connectivity index (χ3v) is 3.45. The number of hydrogen-bond donors (Lipinski definition) is 1. The maximum atomic E-state index is 12.1. The summed E-state index contributed by atoms with van der Waals surface area (Å²) in [5.41, 5.74) is 0.769. The van der Waals surface area contributed by atoms with E-state index < -0.39 is 5.97 Å². The number of nitrogens with zero attached hydrogens (tertiary/aromatic N) is 1. The van der Waals surface area contributed by atoms with E-state index in [2.05, 4.69) is 5.32 Å². The van der Waals surface area contributed by atoms with Gasteiger partial charge in [0.25, 0.3) is 17.7 Å². The molecule has 0 unspecified atom stereocenters. The Morgan fingerprint density at radius 3 is 2.25 bits per heavy atom. The summed E-state index contributed by atoms with van der Waals surface area (Å²) in [6, 6.07) is 6.60. The summed E-state index contributed by atoms with van der Waals surface area (Å²) < 4.78 is 4.85. The van der Waals surface area contributed by atoms with Crippen molar-refractivity contribution in [1.29, 1.82) is 0 Å². The monoisotopic (exact) mass is 332 g/mol. The highest BCUT2D eigenvalue weighted by atomic mass is 16.5. The van der Waals surface area contributed by atoms with Crippen LogP contribution in [0.4, 0.5) is 0 Å². The third-order valence-electron chi connectivity index (χ3n) is 3.45. The molecule has 0 aliphatic carbocycles. The van der Waals surface area contributed by atoms with Gasteiger partial charge in [-0.25, -0.2) is 0 Å². The molecule has 7 heteroatoms. The Kier molecular flexibility index (Phi) is 5.68. The molecule has 0 radical (unpaired) electrons. The number of hydrogen-bond acceptors (Lipinski definition) is 5. The fourth-order valence-corrected chi connectivity index (χ4v) is 2.41. The van der Waals surface area contributed by atoms with E-state index in [1.54, 1.807) is 24.3 Å². The number of ether oxygens (including phenoxy) is 1. The summed E-state index contributed by atoms with van der Waals surface area (Å²) in [6.45, 7) is 3.42. The minimum Gasteiger partial charge on any atom is -0.456 e. The van der Waals surface area contributed by atoms with Crippen LogP contribution in [0.25, 0.3) is 0 Å². The first-order valence-corrected chi connectivity index (χ1v) is 7.80. The predicted octanol–water partition coefficient (Wildman–Crippen LogP) is 1.13. The number of imide groups is 1. The highest BCUT2D eigenvalue weighted by Gasteiger charge is 2.34. The van der Waals surface area contributed by atoms with Crippen LogP contribution < -0.4 is 5.32 Å². The second-order valence-electron chi connectivity index (χ2n) is 5.79. The molecule has 24 heavy (non-hydrogen) atoms. The first-order valence-electron chi connectivity index (χ1n) is 7.80. The topological polar surface area (TPSA) is 92.8 Å². The van der Waals surface area contributed by atoms with Gasteiger partial charge in [-0.3, -0.25) is 24.1 Å². The molecule has 0 bridgehead atoms. The predicted molar refractivity (Wildman–Crippen MR) is 85.3 cm³/mol. The van der Waals surface area contributed by atoms with Crippen LogP contribution in [-0.2, 0) is 14.3 Å². The lowest BCUT2D eigenvalue weighted by molar-refractivity contribution is -0.148. The highest BCUT2D eigenvalue weighted by Crippen LogP contribution is 2.22. The number of carbonyl (C=O) groups excluding carboxylic acids is 4. The lowest BCUT2D eigenvalue weighted by Gasteiger charge is -2.13. The van der Waals surface area contributed by atoms with Crippen molar-refractivity contribution in [3.8, 4) is 0 Å². The van der Waals surface area contributed by atoms with Gasteiger partial charge in [0, 0.05) is 19.0 Å². The van der Waals surface area contributed by atoms with Crippen LogP contribution in [0.3, 0.4) is 0 Å². The molecule has 1 aliphatic rings. The second-order valence-corrected chi connectivity index (χ2v) is 5.79. The van der Waals surface area contributed by atoms with Crippen molar-refractivity contribution in [2.24, 2.45) is 0 Å². The molecule has 7 nitrogen and oxygen atoms in total. The first-order chi connectivity index (χ1) is 11.4. The zero-order valence-electron chi connectivity index (χ0n) is 13.7. The Labute approximate surface area is 140 Å². The molecule has 0 aromatic heterocycles. The normalized spacial score (nSPS) is 13.2. The molecule has 1 aliphatic heterocycles. The third kappa shape index (κ3) is 4.18. The van der Waals surface area contributed by atoms with Gasteiger partial charge in [0.15, 0.2) is 6.61 Å². The zero-order chi connectivity index (χ0) is 17.7. The van der Waals surface area contributed by atoms with Crippen molar-refractivity contribution in [2.75, 3.05) is 13.2 Å². The summed E-state index contributed by atoms with van der Waals surface area (Å²) in [6.07, 6.45) is 0.318. The van der Waals surface area contributed by atoms with Gasteiger partial charge in [0.2, 0.25) is 0 Å². The fraction of sp³-hybridized carbons (Fsp3) is 0.412. The van der Waals surface area contributed by atoms with Crippen LogP contribution in [-0.4, -0.2) is 47.8 Å². The van der Waals surface area contributed by atoms with E-state index in [9.17, 15) is 19.2 Å². The molecular formula is C17H20N2O5. The maximum Gasteiger partial charge on any atom is 0.306 e. The van der Waals surface area contributed by atoms with Crippen molar-refractivity contribution >= 4 is 23.7 Å². The van der Waals surface area contributed by atoms with E-state index >= 15 is 0 Å². The number of fused-ring (bicyclic) bond motifs is 1. The summed E-state index contributed by atoms with van der Waals surface area (Å²) in [4.78, 5) is 48.4. The van der Waals surface area contributed by atoms with Gasteiger partial charge in [-0.1, -0.05) is 12.1 Å². The van der Waals surface area contributed by atoms with E-state index in [0.717, 1.165) is 4.90 Å². The van der Waals surface area contributed by atoms with Crippen LogP contribution in [0.2, 0.25) is 0 Å². The number of nitrogens with one attached hydrogen (secondary N) is 1. The number of carbonyl (C=O) groups is 4. The molecule has 0 saturated heterocycles. The van der Waals surface area contributed by atoms with Crippen LogP contribution in [0.15, 0.2) is 24.3 Å². The number of rotatable bonds is 7. The fourth-order valence-electron chi connectivity index (χ4n) is 2.41. The Morgan fingerprint density at radius 1 is 1.12 bits per heavy atom. The highest BCUT2D eigenvalue weighted by molar-refractivity contribution is 6.21. The van der Waals surface area contributed by atoms with Crippen molar-refractivity contribution < 1.29 is 23.9 Å². The molecular weight excluding hydrogens is 312 g/mol. The molecule has 0 saturated carbocycles. The summed E-state index contributed by atoms with van der Waals surface area (Å²) >= 11 is 0. The number of amides is 3. The average molecular weight is 332 g/mol. The van der Waals surface area contributed by atoms with Crippen LogP contribution >= 0.6 is 0 Å². The molecule has 0 fully saturated rings. The number of esters is 1. The molecule has 1 heterocycles. The van der Waals surface area contributed by atoms with Crippen molar-refractivity contribution in [3.05, 3.63) is 35.4 Å². The molecule has 1 N–H and O–H groups in total. The molecule has 1 aromatic rings. The molecule has 2 rings (SSSR count).